The molecule has 0 unspecified atom stereocenters. The Morgan fingerprint density at radius 3 is 1.39 bits per heavy atom. The summed E-state index contributed by atoms with van der Waals surface area (Å²) in [6.45, 7) is 33.3. The van der Waals surface area contributed by atoms with Crippen LogP contribution in [0.2, 0.25) is 39.3 Å². The monoisotopic (exact) mass is 660 g/mol. The first-order valence-corrected chi connectivity index (χ1v) is 21.8. The van der Waals surface area contributed by atoms with E-state index in [9.17, 15) is 5.11 Å². The van der Waals surface area contributed by atoms with Crippen molar-refractivity contribution in [1.29, 1.82) is 0 Å². The Morgan fingerprint density at radius 1 is 0.683 bits per heavy atom. The summed E-state index contributed by atoms with van der Waals surface area (Å²) in [5.41, 5.74) is 2.71. The van der Waals surface area contributed by atoms with Gasteiger partial charge in [0.15, 0.2) is 0 Å². The van der Waals surface area contributed by atoms with E-state index >= 15 is 0 Å². The number of hydrogen-bond acceptors (Lipinski definition) is 6. The van der Waals surface area contributed by atoms with Crippen LogP contribution in [0, 0.1) is 0 Å². The SMILES string of the molecule is CC(C)(C)c1cc(CN2CCOCCOCCOCCOCC2)c([O-])c(C(C)(C)C)c1.C[Si](C)(C)[N-][Si](C)(C)C.[Zn+2]. The third-order valence-electron chi connectivity index (χ3n) is 6.12. The fourth-order valence-electron chi connectivity index (χ4n) is 4.46. The Kier molecular flexibility index (Phi) is 18.5. The maximum atomic E-state index is 13.3. The van der Waals surface area contributed by atoms with Crippen LogP contribution in [-0.2, 0) is 55.8 Å². The van der Waals surface area contributed by atoms with E-state index < -0.39 is 16.5 Å². The zero-order valence-corrected chi connectivity index (χ0v) is 33.5. The quantitative estimate of drug-likeness (QED) is 0.355. The minimum Gasteiger partial charge on any atom is -0.872 e. The van der Waals surface area contributed by atoms with Gasteiger partial charge in [-0.1, -0.05) is 109 Å². The van der Waals surface area contributed by atoms with Gasteiger partial charge in [-0.25, -0.2) is 0 Å². The molecule has 1 heterocycles. The largest absolute Gasteiger partial charge is 2.00 e. The standard InChI is InChI=1S/C25H43NO5.C6H18NSi2.Zn/c1-24(2,3)21-17-20(23(27)22(18-21)25(4,5)6)19-26-7-9-28-11-13-30-15-16-31-14-12-29-10-8-26;1-8(2,3)7-9(4,5)6;/h17-18,27H,7-16,19H2,1-6H3;1-6H3;/q;-1;+2/p-1. The van der Waals surface area contributed by atoms with Crippen LogP contribution in [-0.4, -0.2) is 87.3 Å². The van der Waals surface area contributed by atoms with Crippen LogP contribution in [0.4, 0.5) is 0 Å². The molecule has 41 heavy (non-hydrogen) atoms. The van der Waals surface area contributed by atoms with E-state index in [1.807, 2.05) is 0 Å². The second-order valence-electron chi connectivity index (χ2n) is 14.7. The molecule has 10 heteroatoms. The molecular formula is C31H60N2O5Si2Zn. The summed E-state index contributed by atoms with van der Waals surface area (Å²) in [7, 11) is -2.21. The minimum absolute atomic E-state index is 0. The molecule has 0 spiro atoms. The number of ether oxygens (including phenoxy) is 4. The zero-order valence-electron chi connectivity index (χ0n) is 28.6. The van der Waals surface area contributed by atoms with Crippen LogP contribution in [0.15, 0.2) is 12.1 Å². The van der Waals surface area contributed by atoms with Crippen LogP contribution in [0.3, 0.4) is 0 Å². The maximum Gasteiger partial charge on any atom is 2.00 e. The Bertz CT molecular complexity index is 834. The van der Waals surface area contributed by atoms with Gasteiger partial charge < -0.3 is 28.7 Å². The third-order valence-corrected chi connectivity index (χ3v) is 11.5. The molecule has 1 aliphatic rings. The van der Waals surface area contributed by atoms with Gasteiger partial charge in [-0.15, -0.1) is 5.75 Å². The van der Waals surface area contributed by atoms with Gasteiger partial charge in [0.1, 0.15) is 0 Å². The molecule has 0 amide bonds. The summed E-state index contributed by atoms with van der Waals surface area (Å²) in [6, 6.07) is 4.19. The van der Waals surface area contributed by atoms with Crippen molar-refractivity contribution < 1.29 is 43.5 Å². The fraction of sp³-hybridized carbons (Fsp3) is 0.806. The Hall–Kier alpha value is -0.163. The third kappa shape index (κ3) is 19.0. The van der Waals surface area contributed by atoms with E-state index in [0.717, 1.165) is 24.2 Å². The molecule has 2 rings (SSSR count). The molecule has 0 N–H and O–H groups in total. The number of hydrogen-bond donors (Lipinski definition) is 0. The van der Waals surface area contributed by atoms with Crippen molar-refractivity contribution in [3.63, 3.8) is 0 Å². The van der Waals surface area contributed by atoms with Gasteiger partial charge in [0.25, 0.3) is 0 Å². The van der Waals surface area contributed by atoms with E-state index in [0.29, 0.717) is 59.4 Å². The van der Waals surface area contributed by atoms with Crippen molar-refractivity contribution in [1.82, 2.24) is 4.90 Å². The van der Waals surface area contributed by atoms with Crippen molar-refractivity contribution in [3.05, 3.63) is 33.5 Å². The topological polar surface area (TPSA) is 77.3 Å². The fourth-order valence-corrected chi connectivity index (χ4v) is 12.5. The first kappa shape index (κ1) is 40.8. The first-order chi connectivity index (χ1) is 18.3. The van der Waals surface area contributed by atoms with Crippen LogP contribution >= 0.6 is 0 Å². The summed E-state index contributed by atoms with van der Waals surface area (Å²) in [4.78, 5) is 2.25. The molecule has 1 aliphatic heterocycles. The molecule has 234 valence electrons. The predicted molar refractivity (Wildman–Crippen MR) is 172 cm³/mol. The molecule has 1 aromatic rings. The van der Waals surface area contributed by atoms with Crippen molar-refractivity contribution in [2.24, 2.45) is 0 Å². The molecule has 0 atom stereocenters. The van der Waals surface area contributed by atoms with Gasteiger partial charge in [-0.3, -0.25) is 4.90 Å². The van der Waals surface area contributed by atoms with Crippen molar-refractivity contribution in [3.8, 4) is 5.75 Å². The number of benzene rings is 1. The first-order valence-electron chi connectivity index (χ1n) is 14.9. The Balaban J connectivity index is 0.00000138. The Morgan fingerprint density at radius 2 is 1.07 bits per heavy atom. The molecule has 1 fully saturated rings. The average Bonchev–Trinajstić information content (AvgIpc) is 2.77. The van der Waals surface area contributed by atoms with E-state index in [-0.39, 0.29) is 36.1 Å². The van der Waals surface area contributed by atoms with Crippen LogP contribution in [0.1, 0.15) is 58.2 Å². The average molecular weight is 662 g/mol. The molecule has 1 aromatic carbocycles. The summed E-state index contributed by atoms with van der Waals surface area (Å²) in [5, 5.41) is 13.3. The summed E-state index contributed by atoms with van der Waals surface area (Å²) in [5.74, 6) is 0.153. The summed E-state index contributed by atoms with van der Waals surface area (Å²) >= 11 is 0. The van der Waals surface area contributed by atoms with Crippen molar-refractivity contribution >= 4 is 16.5 Å². The molecule has 0 bridgehead atoms. The van der Waals surface area contributed by atoms with Gasteiger partial charge in [0, 0.05) is 19.6 Å². The van der Waals surface area contributed by atoms with E-state index in [4.69, 9.17) is 23.6 Å². The minimum atomic E-state index is -1.11. The van der Waals surface area contributed by atoms with Gasteiger partial charge >= 0.3 is 19.5 Å². The smallest absolute Gasteiger partial charge is 0.872 e. The second-order valence-corrected chi connectivity index (χ2v) is 24.3. The van der Waals surface area contributed by atoms with E-state index in [2.05, 4.69) is 97.9 Å². The maximum absolute atomic E-state index is 13.3. The van der Waals surface area contributed by atoms with Crippen LogP contribution in [0.25, 0.3) is 4.65 Å². The molecule has 0 aliphatic carbocycles. The van der Waals surface area contributed by atoms with Crippen LogP contribution in [0.5, 0.6) is 5.75 Å². The van der Waals surface area contributed by atoms with Gasteiger partial charge in [0.2, 0.25) is 0 Å². The summed E-state index contributed by atoms with van der Waals surface area (Å²) in [6.07, 6.45) is 0. The molecule has 0 saturated carbocycles. The molecule has 1 saturated heterocycles. The molecule has 7 nitrogen and oxygen atoms in total. The van der Waals surface area contributed by atoms with Gasteiger partial charge in [-0.05, 0) is 27.5 Å². The number of rotatable bonds is 4. The number of nitrogens with zero attached hydrogens (tertiary/aromatic N) is 2. The predicted octanol–water partition coefficient (Wildman–Crippen LogP) is 6.26. The second kappa shape index (κ2) is 18.6. The Labute approximate surface area is 267 Å². The molecule has 0 aromatic heterocycles. The molecule has 0 radical (unpaired) electrons. The van der Waals surface area contributed by atoms with Crippen LogP contribution < -0.4 is 5.11 Å². The summed E-state index contributed by atoms with van der Waals surface area (Å²) < 4.78 is 27.3. The van der Waals surface area contributed by atoms with E-state index in [1.165, 1.54) is 5.56 Å². The molecular weight excluding hydrogens is 602 g/mol. The zero-order chi connectivity index (χ0) is 30.6. The normalized spacial score (nSPS) is 17.9. The van der Waals surface area contributed by atoms with Gasteiger partial charge in [-0.2, -0.15) is 0 Å². The van der Waals surface area contributed by atoms with Gasteiger partial charge in [0.05, 0.1) is 52.9 Å². The van der Waals surface area contributed by atoms with Crippen molar-refractivity contribution in [2.45, 2.75) is 98.2 Å². The van der Waals surface area contributed by atoms with E-state index in [1.54, 1.807) is 0 Å². The van der Waals surface area contributed by atoms with Crippen molar-refractivity contribution in [2.75, 3.05) is 65.9 Å².